The monoisotopic (exact) mass is 210 g/mol. The van der Waals surface area contributed by atoms with Crippen LogP contribution in [0.2, 0.25) is 0 Å². The van der Waals surface area contributed by atoms with E-state index in [1.54, 1.807) is 17.8 Å². The average molecular weight is 210 g/mol. The Hall–Kier alpha value is -1.10. The molecule has 0 bridgehead atoms. The molecule has 2 heterocycles. The van der Waals surface area contributed by atoms with Crippen LogP contribution in [0.25, 0.3) is 0 Å². The van der Waals surface area contributed by atoms with Crippen molar-refractivity contribution in [1.29, 1.82) is 0 Å². The summed E-state index contributed by atoms with van der Waals surface area (Å²) in [6.07, 6.45) is 3.37. The molecule has 0 N–H and O–H groups in total. The van der Waals surface area contributed by atoms with Gasteiger partial charge in [0.25, 0.3) is 5.69 Å². The Bertz CT molecular complexity index is 381. The normalized spacial score (nSPS) is 20.2. The Kier molecular flexibility index (Phi) is 2.41. The summed E-state index contributed by atoms with van der Waals surface area (Å²) < 4.78 is 0. The van der Waals surface area contributed by atoms with E-state index in [2.05, 4.69) is 11.9 Å². The predicted octanol–water partition coefficient (Wildman–Crippen LogP) is 2.42. The summed E-state index contributed by atoms with van der Waals surface area (Å²) in [4.78, 5) is 15.2. The Morgan fingerprint density at radius 1 is 1.71 bits per heavy atom. The van der Waals surface area contributed by atoms with Crippen LogP contribution in [0.4, 0.5) is 5.69 Å². The van der Waals surface area contributed by atoms with E-state index in [1.807, 2.05) is 0 Å². The molecule has 1 aromatic rings. The van der Waals surface area contributed by atoms with Crippen LogP contribution in [0.5, 0.6) is 0 Å². The van der Waals surface area contributed by atoms with Gasteiger partial charge in [-0.25, -0.2) is 0 Å². The minimum Gasteiger partial charge on any atom is -0.258 e. The van der Waals surface area contributed by atoms with Gasteiger partial charge in [0.1, 0.15) is 6.20 Å². The summed E-state index contributed by atoms with van der Waals surface area (Å²) >= 11 is 1.68. The van der Waals surface area contributed by atoms with Gasteiger partial charge >= 0.3 is 0 Å². The van der Waals surface area contributed by atoms with Crippen molar-refractivity contribution in [3.8, 4) is 0 Å². The number of nitrogens with zero attached hydrogens (tertiary/aromatic N) is 2. The topological polar surface area (TPSA) is 56.0 Å². The zero-order chi connectivity index (χ0) is 10.1. The molecule has 0 spiro atoms. The van der Waals surface area contributed by atoms with Crippen LogP contribution >= 0.6 is 11.8 Å². The van der Waals surface area contributed by atoms with Crippen LogP contribution in [0.1, 0.15) is 19.0 Å². The first-order chi connectivity index (χ1) is 6.66. The van der Waals surface area contributed by atoms with E-state index in [1.165, 1.54) is 6.20 Å². The van der Waals surface area contributed by atoms with Crippen molar-refractivity contribution in [2.24, 2.45) is 0 Å². The minimum absolute atomic E-state index is 0.0883. The molecule has 1 aromatic heterocycles. The number of aryl methyl sites for hydroxylation is 1. The lowest BCUT2D eigenvalue weighted by molar-refractivity contribution is -0.385. The van der Waals surface area contributed by atoms with E-state index in [-0.39, 0.29) is 5.69 Å². The first kappa shape index (κ1) is 9.45. The highest BCUT2D eigenvalue weighted by atomic mass is 32.2. The molecule has 0 fully saturated rings. The van der Waals surface area contributed by atoms with Crippen LogP contribution in [0, 0.1) is 10.1 Å². The second-order valence-corrected chi connectivity index (χ2v) is 4.84. The van der Waals surface area contributed by atoms with Gasteiger partial charge < -0.3 is 0 Å². The van der Waals surface area contributed by atoms with Gasteiger partial charge in [0, 0.05) is 16.2 Å². The standard InChI is InChI=1S/C9H10N2O2S/c1-6-2-3-8-9(14-6)4-7(5-10-8)11(12)13/h4-6H,2-3H2,1H3. The molecule has 74 valence electrons. The van der Waals surface area contributed by atoms with Crippen molar-refractivity contribution >= 4 is 17.4 Å². The zero-order valence-electron chi connectivity index (χ0n) is 7.77. The van der Waals surface area contributed by atoms with Crippen LogP contribution in [-0.4, -0.2) is 15.2 Å². The molecule has 0 aromatic carbocycles. The van der Waals surface area contributed by atoms with E-state index in [9.17, 15) is 10.1 Å². The third kappa shape index (κ3) is 1.72. The number of pyridine rings is 1. The predicted molar refractivity (Wildman–Crippen MR) is 54.5 cm³/mol. The Labute approximate surface area is 85.9 Å². The molecule has 4 nitrogen and oxygen atoms in total. The zero-order valence-corrected chi connectivity index (χ0v) is 8.58. The lowest BCUT2D eigenvalue weighted by Crippen LogP contribution is -2.08. The summed E-state index contributed by atoms with van der Waals surface area (Å²) in [7, 11) is 0. The van der Waals surface area contributed by atoms with Gasteiger partial charge in [0.2, 0.25) is 0 Å². The van der Waals surface area contributed by atoms with Crippen molar-refractivity contribution in [2.75, 3.05) is 0 Å². The van der Waals surface area contributed by atoms with Crippen molar-refractivity contribution in [1.82, 2.24) is 4.98 Å². The van der Waals surface area contributed by atoms with Crippen LogP contribution in [-0.2, 0) is 6.42 Å². The number of fused-ring (bicyclic) bond motifs is 1. The number of hydrogen-bond acceptors (Lipinski definition) is 4. The summed E-state index contributed by atoms with van der Waals surface area (Å²) in [5.41, 5.74) is 1.09. The molecule has 0 saturated carbocycles. The Morgan fingerprint density at radius 3 is 3.21 bits per heavy atom. The second kappa shape index (κ2) is 3.57. The largest absolute Gasteiger partial charge is 0.288 e. The average Bonchev–Trinajstić information content (AvgIpc) is 2.16. The van der Waals surface area contributed by atoms with Crippen LogP contribution in [0.15, 0.2) is 17.2 Å². The van der Waals surface area contributed by atoms with Crippen LogP contribution in [0.3, 0.4) is 0 Å². The van der Waals surface area contributed by atoms with E-state index in [0.29, 0.717) is 5.25 Å². The molecule has 5 heteroatoms. The van der Waals surface area contributed by atoms with Crippen LogP contribution < -0.4 is 0 Å². The highest BCUT2D eigenvalue weighted by molar-refractivity contribution is 8.00. The smallest absolute Gasteiger partial charge is 0.258 e. The molecule has 0 amide bonds. The molecule has 0 aliphatic carbocycles. The van der Waals surface area contributed by atoms with Gasteiger partial charge in [-0.2, -0.15) is 0 Å². The van der Waals surface area contributed by atoms with Crippen molar-refractivity contribution in [3.63, 3.8) is 0 Å². The maximum Gasteiger partial charge on any atom is 0.288 e. The summed E-state index contributed by atoms with van der Waals surface area (Å²) in [5, 5.41) is 11.1. The fraction of sp³-hybridized carbons (Fsp3) is 0.444. The highest BCUT2D eigenvalue weighted by Crippen LogP contribution is 2.35. The van der Waals surface area contributed by atoms with E-state index >= 15 is 0 Å². The number of rotatable bonds is 1. The number of aromatic nitrogens is 1. The van der Waals surface area contributed by atoms with Crippen molar-refractivity contribution in [3.05, 3.63) is 28.1 Å². The SMILES string of the molecule is CC1CCc2ncc([N+](=O)[O-])cc2S1. The number of thioether (sulfide) groups is 1. The molecule has 1 aliphatic rings. The maximum absolute atomic E-state index is 10.5. The first-order valence-electron chi connectivity index (χ1n) is 4.47. The molecule has 1 atom stereocenters. The minimum atomic E-state index is -0.396. The third-order valence-corrected chi connectivity index (χ3v) is 3.49. The van der Waals surface area contributed by atoms with Gasteiger partial charge in [-0.05, 0) is 12.8 Å². The molecule has 0 radical (unpaired) electrons. The lowest BCUT2D eigenvalue weighted by atomic mass is 10.1. The fourth-order valence-corrected chi connectivity index (χ4v) is 2.62. The van der Waals surface area contributed by atoms with E-state index in [4.69, 9.17) is 0 Å². The molecular weight excluding hydrogens is 200 g/mol. The third-order valence-electron chi connectivity index (χ3n) is 2.24. The Morgan fingerprint density at radius 2 is 2.50 bits per heavy atom. The number of hydrogen-bond donors (Lipinski definition) is 0. The molecule has 0 saturated heterocycles. The van der Waals surface area contributed by atoms with E-state index < -0.39 is 4.92 Å². The van der Waals surface area contributed by atoms with Crippen molar-refractivity contribution < 1.29 is 4.92 Å². The van der Waals surface area contributed by atoms with Gasteiger partial charge in [0.05, 0.1) is 10.6 Å². The molecule has 1 unspecified atom stereocenters. The van der Waals surface area contributed by atoms with Gasteiger partial charge in [0.15, 0.2) is 0 Å². The van der Waals surface area contributed by atoms with Gasteiger partial charge in [-0.3, -0.25) is 15.1 Å². The quantitative estimate of drug-likeness (QED) is 0.527. The van der Waals surface area contributed by atoms with Crippen molar-refractivity contribution in [2.45, 2.75) is 29.9 Å². The molecule has 1 aliphatic heterocycles. The first-order valence-corrected chi connectivity index (χ1v) is 5.35. The summed E-state index contributed by atoms with van der Waals surface area (Å²) in [5.74, 6) is 0. The van der Waals surface area contributed by atoms with E-state index in [0.717, 1.165) is 23.4 Å². The fourth-order valence-electron chi connectivity index (χ4n) is 1.47. The second-order valence-electron chi connectivity index (χ2n) is 3.36. The Balaban J connectivity index is 2.37. The summed E-state index contributed by atoms with van der Waals surface area (Å²) in [6.45, 7) is 2.13. The maximum atomic E-state index is 10.5. The van der Waals surface area contributed by atoms with Gasteiger partial charge in [-0.15, -0.1) is 11.8 Å². The molecular formula is C9H10N2O2S. The highest BCUT2D eigenvalue weighted by Gasteiger charge is 2.19. The molecule has 2 rings (SSSR count). The summed E-state index contributed by atoms with van der Waals surface area (Å²) in [6, 6.07) is 1.63. The lowest BCUT2D eigenvalue weighted by Gasteiger charge is -2.18. The molecule has 14 heavy (non-hydrogen) atoms. The van der Waals surface area contributed by atoms with Gasteiger partial charge in [-0.1, -0.05) is 6.92 Å². The number of nitro groups is 1.